The predicted molar refractivity (Wildman–Crippen MR) is 106 cm³/mol. The molecule has 0 aliphatic rings. The zero-order valence-electron chi connectivity index (χ0n) is 15.9. The van der Waals surface area contributed by atoms with Crippen LogP contribution in [0.4, 0.5) is 10.2 Å². The molecule has 140 valence electrons. The Bertz CT molecular complexity index is 896. The van der Waals surface area contributed by atoms with Crippen molar-refractivity contribution in [3.05, 3.63) is 71.4 Å². The fourth-order valence-electron chi connectivity index (χ4n) is 2.79. The van der Waals surface area contributed by atoms with Gasteiger partial charge in [0.1, 0.15) is 11.6 Å². The highest BCUT2D eigenvalue weighted by Gasteiger charge is 2.08. The lowest BCUT2D eigenvalue weighted by Crippen LogP contribution is -2.12. The minimum Gasteiger partial charge on any atom is -0.366 e. The minimum absolute atomic E-state index is 0.178. The number of nitrogens with zero attached hydrogens (tertiary/aromatic N) is 4. The summed E-state index contributed by atoms with van der Waals surface area (Å²) in [5.74, 6) is 1.25. The highest BCUT2D eigenvalue weighted by atomic mass is 19.1. The van der Waals surface area contributed by atoms with Crippen LogP contribution in [0.2, 0.25) is 0 Å². The number of aryl methyl sites for hydroxylation is 1. The van der Waals surface area contributed by atoms with Crippen LogP contribution in [0.1, 0.15) is 23.7 Å². The molecule has 0 saturated carbocycles. The van der Waals surface area contributed by atoms with Gasteiger partial charge in [-0.1, -0.05) is 13.0 Å². The standard InChI is InChI=1S/C21H24FN5/c1-4-18-12-20(26-21(25-18)16-7-9-23-10-8-16)24-13-15-5-6-19(22)17(11-15)14-27(2)3/h5-12H,4,13-14H2,1-3H3,(H,24,25,26). The number of halogens is 1. The molecule has 2 heterocycles. The number of rotatable bonds is 7. The monoisotopic (exact) mass is 365 g/mol. The third-order valence-electron chi connectivity index (χ3n) is 4.15. The minimum atomic E-state index is -0.178. The summed E-state index contributed by atoms with van der Waals surface area (Å²) >= 11 is 0. The number of nitrogens with one attached hydrogen (secondary N) is 1. The van der Waals surface area contributed by atoms with Crippen molar-refractivity contribution in [3.63, 3.8) is 0 Å². The summed E-state index contributed by atoms with van der Waals surface area (Å²) in [6, 6.07) is 11.0. The van der Waals surface area contributed by atoms with Crippen molar-refractivity contribution in [1.29, 1.82) is 0 Å². The Kier molecular flexibility index (Phi) is 6.08. The van der Waals surface area contributed by atoms with Crippen molar-refractivity contribution in [2.45, 2.75) is 26.4 Å². The summed E-state index contributed by atoms with van der Waals surface area (Å²) in [7, 11) is 3.86. The van der Waals surface area contributed by atoms with Gasteiger partial charge in [0.25, 0.3) is 0 Å². The molecule has 0 aliphatic heterocycles. The van der Waals surface area contributed by atoms with Gasteiger partial charge in [0, 0.05) is 48.4 Å². The van der Waals surface area contributed by atoms with Crippen molar-refractivity contribution >= 4 is 5.82 Å². The Hall–Kier alpha value is -2.86. The molecule has 6 heteroatoms. The van der Waals surface area contributed by atoms with E-state index in [1.165, 1.54) is 6.07 Å². The molecule has 5 nitrogen and oxygen atoms in total. The SMILES string of the molecule is CCc1cc(NCc2ccc(F)c(CN(C)C)c2)nc(-c2ccncc2)n1. The van der Waals surface area contributed by atoms with Crippen molar-refractivity contribution in [3.8, 4) is 11.4 Å². The molecule has 1 aromatic carbocycles. The molecule has 0 amide bonds. The molecular weight excluding hydrogens is 341 g/mol. The topological polar surface area (TPSA) is 53.9 Å². The van der Waals surface area contributed by atoms with E-state index in [2.05, 4.69) is 27.2 Å². The quantitative estimate of drug-likeness (QED) is 0.688. The first-order valence-electron chi connectivity index (χ1n) is 8.99. The zero-order chi connectivity index (χ0) is 19.2. The smallest absolute Gasteiger partial charge is 0.161 e. The van der Waals surface area contributed by atoms with Crippen molar-refractivity contribution < 1.29 is 4.39 Å². The van der Waals surface area contributed by atoms with Gasteiger partial charge in [0.05, 0.1) is 0 Å². The van der Waals surface area contributed by atoms with E-state index in [0.717, 1.165) is 29.1 Å². The van der Waals surface area contributed by atoms with E-state index >= 15 is 0 Å². The molecule has 0 spiro atoms. The summed E-state index contributed by atoms with van der Waals surface area (Å²) in [6.07, 6.45) is 4.28. The average Bonchev–Trinajstić information content (AvgIpc) is 2.68. The van der Waals surface area contributed by atoms with Gasteiger partial charge in [-0.15, -0.1) is 0 Å². The number of hydrogen-bond donors (Lipinski definition) is 1. The van der Waals surface area contributed by atoms with Gasteiger partial charge in [-0.05, 0) is 50.3 Å². The second-order valence-corrected chi connectivity index (χ2v) is 6.67. The Labute approximate surface area is 159 Å². The third-order valence-corrected chi connectivity index (χ3v) is 4.15. The predicted octanol–water partition coefficient (Wildman–Crippen LogP) is 3.91. The number of benzene rings is 1. The van der Waals surface area contributed by atoms with Crippen LogP contribution in [0.15, 0.2) is 48.8 Å². The summed E-state index contributed by atoms with van der Waals surface area (Å²) < 4.78 is 14.0. The molecule has 0 fully saturated rings. The first kappa shape index (κ1) is 18.9. The Balaban J connectivity index is 1.80. The molecule has 1 N–H and O–H groups in total. The van der Waals surface area contributed by atoms with Crippen LogP contribution in [-0.2, 0) is 19.5 Å². The second kappa shape index (κ2) is 8.68. The summed E-state index contributed by atoms with van der Waals surface area (Å²) in [4.78, 5) is 15.2. The molecular formula is C21H24FN5. The van der Waals surface area contributed by atoms with Gasteiger partial charge < -0.3 is 10.2 Å². The Morgan fingerprint density at radius 1 is 1.04 bits per heavy atom. The first-order valence-corrected chi connectivity index (χ1v) is 8.99. The second-order valence-electron chi connectivity index (χ2n) is 6.67. The van der Waals surface area contributed by atoms with Crippen LogP contribution in [0.5, 0.6) is 0 Å². The van der Waals surface area contributed by atoms with E-state index in [1.54, 1.807) is 18.5 Å². The lowest BCUT2D eigenvalue weighted by Gasteiger charge is -2.13. The number of anilines is 1. The van der Waals surface area contributed by atoms with Crippen LogP contribution in [-0.4, -0.2) is 33.9 Å². The normalized spacial score (nSPS) is 11.0. The summed E-state index contributed by atoms with van der Waals surface area (Å²) in [5.41, 5.74) is 3.59. The van der Waals surface area contributed by atoms with Gasteiger partial charge in [-0.2, -0.15) is 0 Å². The molecule has 0 aliphatic carbocycles. The van der Waals surface area contributed by atoms with Crippen LogP contribution < -0.4 is 5.32 Å². The summed E-state index contributed by atoms with van der Waals surface area (Å²) in [6.45, 7) is 3.20. The molecule has 27 heavy (non-hydrogen) atoms. The number of aromatic nitrogens is 3. The van der Waals surface area contributed by atoms with Crippen LogP contribution in [0.25, 0.3) is 11.4 Å². The fourth-order valence-corrected chi connectivity index (χ4v) is 2.79. The van der Waals surface area contributed by atoms with Crippen molar-refractivity contribution in [1.82, 2.24) is 19.9 Å². The lowest BCUT2D eigenvalue weighted by atomic mass is 10.1. The molecule has 0 bridgehead atoms. The maximum absolute atomic E-state index is 14.0. The molecule has 3 rings (SSSR count). The van der Waals surface area contributed by atoms with Gasteiger partial charge >= 0.3 is 0 Å². The van der Waals surface area contributed by atoms with E-state index < -0.39 is 0 Å². The largest absolute Gasteiger partial charge is 0.366 e. The van der Waals surface area contributed by atoms with Gasteiger partial charge in [-0.3, -0.25) is 4.98 Å². The van der Waals surface area contributed by atoms with E-state index in [9.17, 15) is 4.39 Å². The maximum atomic E-state index is 14.0. The van der Waals surface area contributed by atoms with Crippen LogP contribution in [0.3, 0.4) is 0 Å². The Morgan fingerprint density at radius 2 is 1.81 bits per heavy atom. The Morgan fingerprint density at radius 3 is 2.52 bits per heavy atom. The van der Waals surface area contributed by atoms with E-state index in [0.29, 0.717) is 24.5 Å². The maximum Gasteiger partial charge on any atom is 0.161 e. The first-order chi connectivity index (χ1) is 13.0. The molecule has 2 aromatic heterocycles. The average molecular weight is 365 g/mol. The highest BCUT2D eigenvalue weighted by Crippen LogP contribution is 2.19. The van der Waals surface area contributed by atoms with Crippen molar-refractivity contribution in [2.75, 3.05) is 19.4 Å². The van der Waals surface area contributed by atoms with Gasteiger partial charge in [0.15, 0.2) is 5.82 Å². The van der Waals surface area contributed by atoms with Crippen LogP contribution in [0, 0.1) is 5.82 Å². The summed E-state index contributed by atoms with van der Waals surface area (Å²) in [5, 5.41) is 3.34. The van der Waals surface area contributed by atoms with E-state index in [4.69, 9.17) is 0 Å². The molecule has 0 unspecified atom stereocenters. The van der Waals surface area contributed by atoms with Gasteiger partial charge in [-0.25, -0.2) is 14.4 Å². The lowest BCUT2D eigenvalue weighted by molar-refractivity contribution is 0.392. The highest BCUT2D eigenvalue weighted by molar-refractivity contribution is 5.56. The van der Waals surface area contributed by atoms with Gasteiger partial charge in [0.2, 0.25) is 0 Å². The zero-order valence-corrected chi connectivity index (χ0v) is 15.9. The molecule has 0 atom stereocenters. The van der Waals surface area contributed by atoms with E-state index in [1.807, 2.05) is 43.3 Å². The molecule has 3 aromatic rings. The molecule has 0 radical (unpaired) electrons. The third kappa shape index (κ3) is 5.08. The number of pyridine rings is 1. The number of hydrogen-bond acceptors (Lipinski definition) is 5. The molecule has 0 saturated heterocycles. The van der Waals surface area contributed by atoms with Crippen molar-refractivity contribution in [2.24, 2.45) is 0 Å². The fraction of sp³-hybridized carbons (Fsp3) is 0.286. The van der Waals surface area contributed by atoms with Crippen LogP contribution >= 0.6 is 0 Å². The van der Waals surface area contributed by atoms with E-state index in [-0.39, 0.29) is 5.82 Å².